The fraction of sp³-hybridized carbons (Fsp3) is 0. The third-order valence-electron chi connectivity index (χ3n) is 6.51. The number of hydrogen-bond donors (Lipinski definition) is 1. The molecule has 6 heteroatoms. The summed E-state index contributed by atoms with van der Waals surface area (Å²) in [4.78, 5) is 29.7. The zero-order valence-electron chi connectivity index (χ0n) is 19.4. The molecule has 6 aromatic rings. The van der Waals surface area contributed by atoms with E-state index in [1.807, 2.05) is 66.7 Å². The fourth-order valence-corrected chi connectivity index (χ4v) is 5.09. The van der Waals surface area contributed by atoms with Crippen molar-refractivity contribution in [3.05, 3.63) is 135 Å². The number of benzene rings is 5. The zero-order chi connectivity index (χ0) is 25.5. The number of fused-ring (bicyclic) bond motifs is 2. The number of rotatable bonds is 3. The lowest BCUT2D eigenvalue weighted by Gasteiger charge is -2.14. The molecule has 0 fully saturated rings. The molecule has 0 aliphatic rings. The lowest BCUT2D eigenvalue weighted by atomic mass is 9.93. The maximum absolute atomic E-state index is 13.6. The summed E-state index contributed by atoms with van der Waals surface area (Å²) in [5.74, 6) is 0. The van der Waals surface area contributed by atoms with Crippen LogP contribution in [0.1, 0.15) is 5.56 Å². The molecule has 0 unspecified atom stereocenters. The van der Waals surface area contributed by atoms with Gasteiger partial charge in [-0.1, -0.05) is 78.3 Å². The summed E-state index contributed by atoms with van der Waals surface area (Å²) in [7, 11) is 0. The topological polar surface area (TPSA) is 78.7 Å². The molecule has 0 aliphatic carbocycles. The van der Waals surface area contributed by atoms with E-state index in [4.69, 9.17) is 11.6 Å². The Morgan fingerprint density at radius 1 is 0.757 bits per heavy atom. The molecule has 0 saturated heterocycles. The van der Waals surface area contributed by atoms with Gasteiger partial charge in [0.05, 0.1) is 28.2 Å². The number of nitrogens with zero attached hydrogens (tertiary/aromatic N) is 2. The highest BCUT2D eigenvalue weighted by Gasteiger charge is 2.16. The van der Waals surface area contributed by atoms with Crippen LogP contribution in [-0.2, 0) is 0 Å². The maximum atomic E-state index is 13.6. The van der Waals surface area contributed by atoms with Crippen molar-refractivity contribution in [1.82, 2.24) is 9.55 Å². The van der Waals surface area contributed by atoms with Crippen LogP contribution in [0.25, 0.3) is 49.6 Å². The number of aromatic amines is 1. The molecule has 0 bridgehead atoms. The monoisotopic (exact) mass is 499 g/mol. The Hall–Kier alpha value is -4.92. The van der Waals surface area contributed by atoms with Crippen LogP contribution >= 0.6 is 11.6 Å². The Labute approximate surface area is 216 Å². The van der Waals surface area contributed by atoms with Crippen LogP contribution in [0, 0.1) is 11.3 Å². The van der Waals surface area contributed by atoms with Gasteiger partial charge in [0, 0.05) is 16.0 Å². The van der Waals surface area contributed by atoms with E-state index in [1.54, 1.807) is 36.4 Å². The van der Waals surface area contributed by atoms with Crippen molar-refractivity contribution in [2.24, 2.45) is 0 Å². The van der Waals surface area contributed by atoms with Crippen LogP contribution in [-0.4, -0.2) is 9.55 Å². The molecule has 5 aromatic carbocycles. The molecule has 1 heterocycles. The summed E-state index contributed by atoms with van der Waals surface area (Å²) < 4.78 is 1.18. The van der Waals surface area contributed by atoms with Crippen molar-refractivity contribution in [3.63, 3.8) is 0 Å². The average molecular weight is 500 g/mol. The van der Waals surface area contributed by atoms with Crippen LogP contribution in [0.3, 0.4) is 0 Å². The van der Waals surface area contributed by atoms with Gasteiger partial charge in [0.15, 0.2) is 0 Å². The number of hydrogen-bond acceptors (Lipinski definition) is 3. The van der Waals surface area contributed by atoms with Gasteiger partial charge in [0.2, 0.25) is 0 Å². The van der Waals surface area contributed by atoms with Crippen LogP contribution < -0.4 is 11.2 Å². The van der Waals surface area contributed by atoms with Gasteiger partial charge in [-0.25, -0.2) is 9.36 Å². The van der Waals surface area contributed by atoms with E-state index in [-0.39, 0.29) is 0 Å². The molecule has 5 nitrogen and oxygen atoms in total. The summed E-state index contributed by atoms with van der Waals surface area (Å²) in [5.41, 5.74) is 3.75. The molecule has 6 rings (SSSR count). The Kier molecular flexibility index (Phi) is 5.45. The van der Waals surface area contributed by atoms with E-state index in [0.717, 1.165) is 33.0 Å². The number of halogens is 1. The average Bonchev–Trinajstić information content (AvgIpc) is 2.93. The summed E-state index contributed by atoms with van der Waals surface area (Å²) in [6.07, 6.45) is 0. The molecule has 37 heavy (non-hydrogen) atoms. The fourth-order valence-electron chi connectivity index (χ4n) is 4.81. The first-order valence-electron chi connectivity index (χ1n) is 11.6. The molecule has 1 aromatic heterocycles. The van der Waals surface area contributed by atoms with Gasteiger partial charge in [0.1, 0.15) is 0 Å². The van der Waals surface area contributed by atoms with Crippen LogP contribution in [0.15, 0.2) is 113 Å². The van der Waals surface area contributed by atoms with Crippen molar-refractivity contribution < 1.29 is 0 Å². The molecule has 0 spiro atoms. The molecule has 0 atom stereocenters. The lowest BCUT2D eigenvalue weighted by Crippen LogP contribution is -2.33. The molecule has 176 valence electrons. The van der Waals surface area contributed by atoms with E-state index < -0.39 is 11.2 Å². The van der Waals surface area contributed by atoms with Crippen LogP contribution in [0.4, 0.5) is 0 Å². The van der Waals surface area contributed by atoms with E-state index in [2.05, 4.69) is 11.1 Å². The zero-order valence-corrected chi connectivity index (χ0v) is 20.2. The third kappa shape index (κ3) is 3.81. The molecule has 0 aliphatic heterocycles. The van der Waals surface area contributed by atoms with Crippen LogP contribution in [0.2, 0.25) is 5.02 Å². The minimum atomic E-state index is -0.521. The van der Waals surface area contributed by atoms with Gasteiger partial charge in [-0.15, -0.1) is 0 Å². The van der Waals surface area contributed by atoms with E-state index in [1.165, 1.54) is 4.57 Å². The normalized spacial score (nSPS) is 11.0. The predicted octanol–water partition coefficient (Wildman–Crippen LogP) is 6.69. The van der Waals surface area contributed by atoms with E-state index in [0.29, 0.717) is 27.2 Å². The molecular formula is C31H18ClN3O2. The van der Waals surface area contributed by atoms with E-state index in [9.17, 15) is 14.9 Å². The first-order valence-corrected chi connectivity index (χ1v) is 12.0. The standard InChI is InChI=1S/C31H18ClN3O2/c32-26-12-5-11-24(21-9-3-6-19(16-21)18-33)29(26)22-14-15-25-27(17-22)34-31(37)35(30(25)36)28-13-4-8-20-7-1-2-10-23(20)28/h1-17H,(H,34,37). The second-order valence-corrected chi connectivity index (χ2v) is 9.09. The number of H-pyrrole nitrogens is 1. The Bertz CT molecular complexity index is 2010. The van der Waals surface area contributed by atoms with Gasteiger partial charge in [0.25, 0.3) is 5.56 Å². The first-order chi connectivity index (χ1) is 18.0. The highest BCUT2D eigenvalue weighted by atomic mass is 35.5. The summed E-state index contributed by atoms with van der Waals surface area (Å²) in [5, 5.41) is 12.0. The Balaban J connectivity index is 1.56. The highest BCUT2D eigenvalue weighted by molar-refractivity contribution is 6.34. The maximum Gasteiger partial charge on any atom is 0.333 e. The van der Waals surface area contributed by atoms with Gasteiger partial charge in [-0.2, -0.15) is 5.26 Å². The third-order valence-corrected chi connectivity index (χ3v) is 6.83. The van der Waals surface area contributed by atoms with Crippen LogP contribution in [0.5, 0.6) is 0 Å². The van der Waals surface area contributed by atoms with Gasteiger partial charge in [-0.3, -0.25) is 4.79 Å². The quantitative estimate of drug-likeness (QED) is 0.294. The minimum absolute atomic E-state index is 0.386. The summed E-state index contributed by atoms with van der Waals surface area (Å²) >= 11 is 6.66. The first kappa shape index (κ1) is 22.5. The lowest BCUT2D eigenvalue weighted by molar-refractivity contribution is 0.908. The molecule has 0 amide bonds. The second kappa shape index (κ2) is 8.94. The van der Waals surface area contributed by atoms with Crippen molar-refractivity contribution in [3.8, 4) is 34.0 Å². The predicted molar refractivity (Wildman–Crippen MR) is 148 cm³/mol. The van der Waals surface area contributed by atoms with Crippen molar-refractivity contribution >= 4 is 33.3 Å². The van der Waals surface area contributed by atoms with Gasteiger partial charge >= 0.3 is 5.69 Å². The number of nitrogens with one attached hydrogen (secondary N) is 1. The molecular weight excluding hydrogens is 482 g/mol. The number of aromatic nitrogens is 2. The Morgan fingerprint density at radius 3 is 2.41 bits per heavy atom. The molecule has 0 radical (unpaired) electrons. The van der Waals surface area contributed by atoms with Crippen molar-refractivity contribution in [2.75, 3.05) is 0 Å². The number of nitriles is 1. The Morgan fingerprint density at radius 2 is 1.54 bits per heavy atom. The second-order valence-electron chi connectivity index (χ2n) is 8.68. The molecule has 1 N–H and O–H groups in total. The summed E-state index contributed by atoms with van der Waals surface area (Å²) in [6.45, 7) is 0. The largest absolute Gasteiger partial charge is 0.333 e. The van der Waals surface area contributed by atoms with Gasteiger partial charge in [-0.05, 0) is 58.5 Å². The SMILES string of the molecule is N#Cc1cccc(-c2cccc(Cl)c2-c2ccc3c(=O)n(-c4cccc5ccccc45)c(=O)[nH]c3c2)c1. The molecule has 0 saturated carbocycles. The van der Waals surface area contributed by atoms with Crippen molar-refractivity contribution in [1.29, 1.82) is 5.26 Å². The highest BCUT2D eigenvalue weighted by Crippen LogP contribution is 2.38. The summed E-state index contributed by atoms with van der Waals surface area (Å²) in [6, 6.07) is 33.5. The minimum Gasteiger partial charge on any atom is -0.306 e. The smallest absolute Gasteiger partial charge is 0.306 e. The van der Waals surface area contributed by atoms with Gasteiger partial charge < -0.3 is 4.98 Å². The van der Waals surface area contributed by atoms with Crippen molar-refractivity contribution in [2.45, 2.75) is 0 Å². The van der Waals surface area contributed by atoms with E-state index >= 15 is 0 Å².